The van der Waals surface area contributed by atoms with Gasteiger partial charge in [0.1, 0.15) is 0 Å². The molecule has 0 bridgehead atoms. The smallest absolute Gasteiger partial charge is 0.310 e. The van der Waals surface area contributed by atoms with Gasteiger partial charge in [0.05, 0.1) is 5.92 Å². The largest absolute Gasteiger partial charge is 0.449 e. The number of carbonyl (C=O) groups excluding carboxylic acids is 1. The number of alkyl halides is 1. The van der Waals surface area contributed by atoms with Crippen molar-refractivity contribution in [2.75, 3.05) is 6.07 Å². The van der Waals surface area contributed by atoms with Crippen LogP contribution in [-0.4, -0.2) is 12.0 Å². The molecule has 0 fully saturated rings. The van der Waals surface area contributed by atoms with E-state index >= 15 is 0 Å². The highest BCUT2D eigenvalue weighted by atomic mass is 35.5. The van der Waals surface area contributed by atoms with Crippen LogP contribution in [0, 0.1) is 5.92 Å². The van der Waals surface area contributed by atoms with Gasteiger partial charge in [-0.25, -0.2) is 0 Å². The van der Waals surface area contributed by atoms with Crippen molar-refractivity contribution in [3.05, 3.63) is 0 Å². The van der Waals surface area contributed by atoms with Crippen molar-refractivity contribution < 1.29 is 9.53 Å². The van der Waals surface area contributed by atoms with Crippen LogP contribution >= 0.6 is 11.6 Å². The molecule has 0 spiro atoms. The summed E-state index contributed by atoms with van der Waals surface area (Å²) < 4.78 is 4.72. The quantitative estimate of drug-likeness (QED) is 0.478. The Hall–Kier alpha value is -0.240. The highest BCUT2D eigenvalue weighted by Gasteiger charge is 2.16. The van der Waals surface area contributed by atoms with Crippen LogP contribution in [0.5, 0.6) is 0 Å². The van der Waals surface area contributed by atoms with E-state index in [4.69, 9.17) is 16.3 Å². The van der Waals surface area contributed by atoms with E-state index < -0.39 is 0 Å². The van der Waals surface area contributed by atoms with Gasteiger partial charge in [-0.2, -0.15) is 0 Å². The van der Waals surface area contributed by atoms with Gasteiger partial charge in [0.2, 0.25) is 0 Å². The lowest BCUT2D eigenvalue weighted by Crippen LogP contribution is -2.16. The van der Waals surface area contributed by atoms with Gasteiger partial charge in [-0.1, -0.05) is 38.3 Å². The van der Waals surface area contributed by atoms with Crippen LogP contribution in [0.4, 0.5) is 0 Å². The van der Waals surface area contributed by atoms with E-state index in [-0.39, 0.29) is 18.0 Å². The molecule has 2 nitrogen and oxygen atoms in total. The average Bonchev–Trinajstić information content (AvgIpc) is 2.06. The minimum Gasteiger partial charge on any atom is -0.449 e. The molecule has 3 heteroatoms. The van der Waals surface area contributed by atoms with Gasteiger partial charge in [-0.15, -0.1) is 0 Å². The predicted octanol–water partition coefficient (Wildman–Crippen LogP) is 2.94. The molecule has 0 heterocycles. The van der Waals surface area contributed by atoms with Gasteiger partial charge in [-0.05, 0) is 12.8 Å². The standard InChI is InChI=1S/C9H17ClO2/c1-3-5-6-8(4-2)9(11)12-7-10/h8H,3-7H2,1-2H3. The second-order valence-electron chi connectivity index (χ2n) is 2.82. The zero-order valence-corrected chi connectivity index (χ0v) is 8.56. The summed E-state index contributed by atoms with van der Waals surface area (Å²) in [5.41, 5.74) is 0. The minimum absolute atomic E-state index is 0.0263. The molecule has 0 saturated heterocycles. The number of hydrogen-bond acceptors (Lipinski definition) is 2. The number of ether oxygens (including phenoxy) is 1. The summed E-state index contributed by atoms with van der Waals surface area (Å²) in [4.78, 5) is 11.2. The molecule has 0 amide bonds. The molecule has 0 aromatic carbocycles. The monoisotopic (exact) mass is 192 g/mol. The molecular weight excluding hydrogens is 176 g/mol. The molecule has 0 saturated carbocycles. The number of unbranched alkanes of at least 4 members (excludes halogenated alkanes) is 1. The van der Waals surface area contributed by atoms with Gasteiger partial charge in [0, 0.05) is 0 Å². The van der Waals surface area contributed by atoms with Crippen molar-refractivity contribution in [2.45, 2.75) is 39.5 Å². The van der Waals surface area contributed by atoms with Crippen molar-refractivity contribution in [1.29, 1.82) is 0 Å². The fourth-order valence-electron chi connectivity index (χ4n) is 1.11. The number of hydrogen-bond donors (Lipinski definition) is 0. The third-order valence-corrected chi connectivity index (χ3v) is 2.04. The Morgan fingerprint density at radius 2 is 2.17 bits per heavy atom. The molecule has 1 atom stereocenters. The molecule has 1 unspecified atom stereocenters. The number of esters is 1. The molecule has 0 aliphatic rings. The zero-order valence-electron chi connectivity index (χ0n) is 7.81. The lowest BCUT2D eigenvalue weighted by molar-refractivity contribution is -0.146. The fraction of sp³-hybridized carbons (Fsp3) is 0.889. The fourth-order valence-corrected chi connectivity index (χ4v) is 1.22. The summed E-state index contributed by atoms with van der Waals surface area (Å²) in [5.74, 6) is -0.107. The van der Waals surface area contributed by atoms with Gasteiger partial charge >= 0.3 is 5.97 Å². The molecule has 0 N–H and O–H groups in total. The van der Waals surface area contributed by atoms with Gasteiger partial charge in [0.25, 0.3) is 0 Å². The maximum Gasteiger partial charge on any atom is 0.310 e. The maximum absolute atomic E-state index is 11.2. The summed E-state index contributed by atoms with van der Waals surface area (Å²) in [7, 11) is 0. The van der Waals surface area contributed by atoms with E-state index in [0.29, 0.717) is 0 Å². The third kappa shape index (κ3) is 4.60. The lowest BCUT2D eigenvalue weighted by Gasteiger charge is -2.11. The van der Waals surface area contributed by atoms with Crippen LogP contribution in [0.3, 0.4) is 0 Å². The van der Waals surface area contributed by atoms with E-state index in [9.17, 15) is 4.79 Å². The van der Waals surface area contributed by atoms with E-state index in [0.717, 1.165) is 25.7 Å². The average molecular weight is 193 g/mol. The first-order valence-corrected chi connectivity index (χ1v) is 5.02. The first kappa shape index (κ1) is 11.8. The van der Waals surface area contributed by atoms with Crippen LogP contribution in [0.15, 0.2) is 0 Å². The van der Waals surface area contributed by atoms with Gasteiger partial charge in [0.15, 0.2) is 6.07 Å². The Balaban J connectivity index is 3.71. The third-order valence-electron chi connectivity index (χ3n) is 1.93. The van der Waals surface area contributed by atoms with Crippen molar-refractivity contribution in [3.8, 4) is 0 Å². The molecule has 0 aromatic heterocycles. The number of carbonyl (C=O) groups is 1. The first-order valence-electron chi connectivity index (χ1n) is 4.48. The van der Waals surface area contributed by atoms with Crippen LogP contribution in [0.25, 0.3) is 0 Å². The lowest BCUT2D eigenvalue weighted by atomic mass is 10.00. The van der Waals surface area contributed by atoms with E-state index in [1.165, 1.54) is 0 Å². The second-order valence-corrected chi connectivity index (χ2v) is 3.04. The Bertz CT molecular complexity index is 126. The summed E-state index contributed by atoms with van der Waals surface area (Å²) in [6.45, 7) is 4.11. The number of rotatable bonds is 6. The molecule has 0 aliphatic carbocycles. The number of halogens is 1. The Labute approximate surface area is 79.2 Å². The van der Waals surface area contributed by atoms with Crippen molar-refractivity contribution in [2.24, 2.45) is 5.92 Å². The molecule has 0 rings (SSSR count). The summed E-state index contributed by atoms with van der Waals surface area (Å²) >= 11 is 5.29. The summed E-state index contributed by atoms with van der Waals surface area (Å²) in [5, 5.41) is 0. The van der Waals surface area contributed by atoms with Crippen molar-refractivity contribution in [3.63, 3.8) is 0 Å². The Morgan fingerprint density at radius 1 is 1.50 bits per heavy atom. The highest BCUT2D eigenvalue weighted by Crippen LogP contribution is 2.14. The van der Waals surface area contributed by atoms with Crippen LogP contribution in [-0.2, 0) is 9.53 Å². The summed E-state index contributed by atoms with van der Waals surface area (Å²) in [6, 6.07) is -0.0263. The van der Waals surface area contributed by atoms with Crippen molar-refractivity contribution in [1.82, 2.24) is 0 Å². The van der Waals surface area contributed by atoms with E-state index in [1.807, 2.05) is 6.92 Å². The van der Waals surface area contributed by atoms with E-state index in [2.05, 4.69) is 6.92 Å². The zero-order chi connectivity index (χ0) is 9.40. The Kier molecular flexibility index (Phi) is 7.26. The SMILES string of the molecule is CCCCC(CC)C(=O)OCCl. The van der Waals surface area contributed by atoms with Gasteiger partial charge < -0.3 is 4.74 Å². The Morgan fingerprint density at radius 3 is 2.58 bits per heavy atom. The highest BCUT2D eigenvalue weighted by molar-refractivity contribution is 6.17. The maximum atomic E-state index is 11.2. The van der Waals surface area contributed by atoms with Crippen molar-refractivity contribution >= 4 is 17.6 Å². The van der Waals surface area contributed by atoms with E-state index in [1.54, 1.807) is 0 Å². The first-order chi connectivity index (χ1) is 5.76. The molecule has 72 valence electrons. The van der Waals surface area contributed by atoms with Gasteiger partial charge in [-0.3, -0.25) is 4.79 Å². The molecule has 12 heavy (non-hydrogen) atoms. The predicted molar refractivity (Wildman–Crippen MR) is 50.1 cm³/mol. The van der Waals surface area contributed by atoms with Crippen LogP contribution in [0.1, 0.15) is 39.5 Å². The minimum atomic E-state index is -0.152. The topological polar surface area (TPSA) is 26.3 Å². The second kappa shape index (κ2) is 7.41. The molecule has 0 radical (unpaired) electrons. The van der Waals surface area contributed by atoms with Crippen LogP contribution < -0.4 is 0 Å². The van der Waals surface area contributed by atoms with Crippen LogP contribution in [0.2, 0.25) is 0 Å². The molecule has 0 aliphatic heterocycles. The summed E-state index contributed by atoms with van der Waals surface area (Å²) in [6.07, 6.45) is 3.96. The molecule has 0 aromatic rings. The normalized spacial score (nSPS) is 12.6. The molecular formula is C9H17ClO2.